The molecule has 0 radical (unpaired) electrons. The van der Waals surface area contributed by atoms with Gasteiger partial charge in [0.15, 0.2) is 0 Å². The molecule has 1 aromatic rings. The molecular weight excluding hydrogens is 254 g/mol. The minimum Gasteiger partial charge on any atom is -0.497 e. The number of benzene rings is 1. The molecule has 2 rings (SSSR count). The predicted octanol–water partition coefficient (Wildman–Crippen LogP) is 2.01. The van der Waals surface area contributed by atoms with E-state index in [1.807, 2.05) is 33.0 Å². The maximum Gasteiger partial charge on any atom is 0.119 e. The van der Waals surface area contributed by atoms with E-state index in [1.54, 1.807) is 7.11 Å². The summed E-state index contributed by atoms with van der Waals surface area (Å²) in [6.07, 6.45) is 0.668. The lowest BCUT2D eigenvalue weighted by atomic mass is 10.1. The Labute approximate surface area is 121 Å². The van der Waals surface area contributed by atoms with Gasteiger partial charge in [-0.3, -0.25) is 4.90 Å². The molecule has 4 heteroatoms. The van der Waals surface area contributed by atoms with Crippen molar-refractivity contribution in [2.45, 2.75) is 38.5 Å². The molecular formula is C16H25NO3. The van der Waals surface area contributed by atoms with Crippen molar-refractivity contribution in [3.05, 3.63) is 29.3 Å². The number of fused-ring (bicyclic) bond motifs is 1. The van der Waals surface area contributed by atoms with Crippen LogP contribution in [-0.2, 0) is 11.2 Å². The molecule has 112 valence electrons. The minimum absolute atomic E-state index is 0.118. The Hall–Kier alpha value is -1.10. The van der Waals surface area contributed by atoms with Crippen molar-refractivity contribution < 1.29 is 14.6 Å². The Bertz CT molecular complexity index is 447. The van der Waals surface area contributed by atoms with E-state index in [9.17, 15) is 5.11 Å². The van der Waals surface area contributed by atoms with E-state index < -0.39 is 6.10 Å². The molecule has 2 unspecified atom stereocenters. The van der Waals surface area contributed by atoms with Crippen LogP contribution in [0.3, 0.4) is 0 Å². The molecule has 2 atom stereocenters. The van der Waals surface area contributed by atoms with E-state index in [1.165, 1.54) is 5.56 Å². The highest BCUT2D eigenvalue weighted by Gasteiger charge is 2.33. The molecule has 1 aromatic carbocycles. The lowest BCUT2D eigenvalue weighted by molar-refractivity contribution is 0.0301. The van der Waals surface area contributed by atoms with Gasteiger partial charge in [0.1, 0.15) is 5.75 Å². The second kappa shape index (κ2) is 6.57. The molecule has 0 fully saturated rings. The van der Waals surface area contributed by atoms with Gasteiger partial charge in [-0.15, -0.1) is 0 Å². The summed E-state index contributed by atoms with van der Waals surface area (Å²) in [7, 11) is 3.69. The number of likely N-dealkylation sites (N-methyl/N-ethyl adjacent to an activating group) is 1. The Morgan fingerprint density at radius 3 is 2.80 bits per heavy atom. The fourth-order valence-electron chi connectivity index (χ4n) is 2.70. The number of aliphatic hydroxyl groups excluding tert-OH is 1. The van der Waals surface area contributed by atoms with Crippen molar-refractivity contribution in [2.75, 3.05) is 27.3 Å². The smallest absolute Gasteiger partial charge is 0.119 e. The molecule has 0 spiro atoms. The number of hydrogen-bond acceptors (Lipinski definition) is 4. The van der Waals surface area contributed by atoms with Crippen molar-refractivity contribution in [3.63, 3.8) is 0 Å². The maximum absolute atomic E-state index is 10.5. The lowest BCUT2D eigenvalue weighted by Gasteiger charge is -2.27. The summed E-state index contributed by atoms with van der Waals surface area (Å²) in [5, 5.41) is 10.5. The van der Waals surface area contributed by atoms with Gasteiger partial charge in [0, 0.05) is 12.6 Å². The molecule has 0 amide bonds. The van der Waals surface area contributed by atoms with Crippen LogP contribution in [0, 0.1) is 0 Å². The predicted molar refractivity (Wildman–Crippen MR) is 79.2 cm³/mol. The molecule has 20 heavy (non-hydrogen) atoms. The molecule has 0 saturated heterocycles. The van der Waals surface area contributed by atoms with Crippen molar-refractivity contribution in [3.8, 4) is 5.75 Å². The van der Waals surface area contributed by atoms with Gasteiger partial charge < -0.3 is 14.6 Å². The molecule has 0 heterocycles. The SMILES string of the molecule is COc1ccc2c(c1)C(O)C(N(C)CCOC(C)C)C2. The molecule has 0 saturated carbocycles. The molecule has 1 N–H and O–H groups in total. The molecule has 1 aliphatic rings. The molecule has 4 nitrogen and oxygen atoms in total. The summed E-state index contributed by atoms with van der Waals surface area (Å²) in [6, 6.07) is 6.07. The van der Waals surface area contributed by atoms with Crippen LogP contribution in [-0.4, -0.2) is 49.5 Å². The Morgan fingerprint density at radius 1 is 1.40 bits per heavy atom. The molecule has 1 aliphatic carbocycles. The largest absolute Gasteiger partial charge is 0.497 e. The third-order valence-corrected chi connectivity index (χ3v) is 3.93. The number of rotatable bonds is 6. The minimum atomic E-state index is -0.454. The van der Waals surface area contributed by atoms with Gasteiger partial charge in [0.05, 0.1) is 25.9 Å². The fraction of sp³-hybridized carbons (Fsp3) is 0.625. The summed E-state index contributed by atoms with van der Waals surface area (Å²) in [5.74, 6) is 0.800. The normalized spacial score (nSPS) is 21.6. The van der Waals surface area contributed by atoms with Crippen LogP contribution in [0.25, 0.3) is 0 Å². The van der Waals surface area contributed by atoms with Gasteiger partial charge in [-0.2, -0.15) is 0 Å². The van der Waals surface area contributed by atoms with Crippen LogP contribution in [0.15, 0.2) is 18.2 Å². The van der Waals surface area contributed by atoms with E-state index in [0.29, 0.717) is 6.61 Å². The van der Waals surface area contributed by atoms with Gasteiger partial charge in [0.25, 0.3) is 0 Å². The average molecular weight is 279 g/mol. The first kappa shape index (κ1) is 15.3. The summed E-state index contributed by atoms with van der Waals surface area (Å²) in [6.45, 7) is 5.58. The van der Waals surface area contributed by atoms with Crippen molar-refractivity contribution >= 4 is 0 Å². The summed E-state index contributed by atoms with van der Waals surface area (Å²) in [4.78, 5) is 2.18. The van der Waals surface area contributed by atoms with Crippen LogP contribution >= 0.6 is 0 Å². The second-order valence-electron chi connectivity index (χ2n) is 5.68. The second-order valence-corrected chi connectivity index (χ2v) is 5.68. The van der Waals surface area contributed by atoms with E-state index >= 15 is 0 Å². The van der Waals surface area contributed by atoms with Gasteiger partial charge in [-0.05, 0) is 50.6 Å². The van der Waals surface area contributed by atoms with E-state index in [2.05, 4.69) is 11.0 Å². The fourth-order valence-corrected chi connectivity index (χ4v) is 2.70. The van der Waals surface area contributed by atoms with Crippen molar-refractivity contribution in [1.29, 1.82) is 0 Å². The third kappa shape index (κ3) is 3.32. The Morgan fingerprint density at radius 2 is 2.15 bits per heavy atom. The van der Waals surface area contributed by atoms with Gasteiger partial charge in [0.2, 0.25) is 0 Å². The molecule has 0 aromatic heterocycles. The van der Waals surface area contributed by atoms with Crippen molar-refractivity contribution in [1.82, 2.24) is 4.90 Å². The first-order valence-corrected chi connectivity index (χ1v) is 7.19. The number of hydrogen-bond donors (Lipinski definition) is 1. The van der Waals surface area contributed by atoms with Crippen LogP contribution < -0.4 is 4.74 Å². The zero-order valence-corrected chi connectivity index (χ0v) is 12.8. The Balaban J connectivity index is 1.99. The Kier molecular flexibility index (Phi) is 5.02. The van der Waals surface area contributed by atoms with Crippen molar-refractivity contribution in [2.24, 2.45) is 0 Å². The average Bonchev–Trinajstić information content (AvgIpc) is 2.75. The van der Waals surface area contributed by atoms with Crippen LogP contribution in [0.5, 0.6) is 5.75 Å². The number of methoxy groups -OCH3 is 1. The van der Waals surface area contributed by atoms with E-state index in [4.69, 9.17) is 9.47 Å². The van der Waals surface area contributed by atoms with Crippen LogP contribution in [0.2, 0.25) is 0 Å². The molecule has 0 aliphatic heterocycles. The van der Waals surface area contributed by atoms with E-state index in [0.717, 1.165) is 24.3 Å². The summed E-state index contributed by atoms with van der Waals surface area (Å²) >= 11 is 0. The van der Waals surface area contributed by atoms with Crippen LogP contribution in [0.1, 0.15) is 31.1 Å². The van der Waals surface area contributed by atoms with E-state index in [-0.39, 0.29) is 12.1 Å². The summed E-state index contributed by atoms with van der Waals surface area (Å²) < 4.78 is 10.8. The molecule has 0 bridgehead atoms. The standard InChI is InChI=1S/C16H25NO3/c1-11(2)20-8-7-17(3)15-9-12-5-6-13(19-4)10-14(12)16(15)18/h5-6,10-11,15-16,18H,7-9H2,1-4H3. The van der Waals surface area contributed by atoms with Gasteiger partial charge in [-0.25, -0.2) is 0 Å². The zero-order chi connectivity index (χ0) is 14.7. The number of nitrogens with zero attached hydrogens (tertiary/aromatic N) is 1. The quantitative estimate of drug-likeness (QED) is 0.865. The topological polar surface area (TPSA) is 41.9 Å². The number of aliphatic hydroxyl groups is 1. The monoisotopic (exact) mass is 279 g/mol. The zero-order valence-electron chi connectivity index (χ0n) is 12.8. The first-order valence-electron chi connectivity index (χ1n) is 7.19. The first-order chi connectivity index (χ1) is 9.52. The third-order valence-electron chi connectivity index (χ3n) is 3.93. The summed E-state index contributed by atoms with van der Waals surface area (Å²) in [5.41, 5.74) is 2.20. The maximum atomic E-state index is 10.5. The highest BCUT2D eigenvalue weighted by molar-refractivity contribution is 5.41. The van der Waals surface area contributed by atoms with Gasteiger partial charge >= 0.3 is 0 Å². The lowest BCUT2D eigenvalue weighted by Crippen LogP contribution is -2.37. The van der Waals surface area contributed by atoms with Gasteiger partial charge in [-0.1, -0.05) is 6.07 Å². The highest BCUT2D eigenvalue weighted by atomic mass is 16.5. The van der Waals surface area contributed by atoms with Crippen LogP contribution in [0.4, 0.5) is 0 Å². The highest BCUT2D eigenvalue weighted by Crippen LogP contribution is 2.36. The number of ether oxygens (including phenoxy) is 2.